The molecule has 5 nitrogen and oxygen atoms in total. The van der Waals surface area contributed by atoms with Crippen LogP contribution in [0.4, 0.5) is 0 Å². The molecule has 2 N–H and O–H groups in total. The molecule has 0 bridgehead atoms. The molecule has 1 aliphatic carbocycles. The van der Waals surface area contributed by atoms with Gasteiger partial charge in [0.25, 0.3) is 0 Å². The lowest BCUT2D eigenvalue weighted by Crippen LogP contribution is -2.21. The van der Waals surface area contributed by atoms with Crippen molar-refractivity contribution in [1.29, 1.82) is 0 Å². The molecule has 0 aromatic heterocycles. The third-order valence-corrected chi connectivity index (χ3v) is 5.14. The lowest BCUT2D eigenvalue weighted by Gasteiger charge is -2.16. The number of benzene rings is 2. The van der Waals surface area contributed by atoms with E-state index in [1.54, 1.807) is 0 Å². The van der Waals surface area contributed by atoms with Gasteiger partial charge in [-0.2, -0.15) is 0 Å². The SMILES string of the molecule is CC(C)Oc1ccc(CCO)cc1OCCNCc1cccc(OC2CCCC2)c1. The fraction of sp³-hybridized carbons (Fsp3) is 0.520. The molecule has 0 radical (unpaired) electrons. The minimum Gasteiger partial charge on any atom is -0.490 e. The summed E-state index contributed by atoms with van der Waals surface area (Å²) in [4.78, 5) is 0. The van der Waals surface area contributed by atoms with Gasteiger partial charge >= 0.3 is 0 Å². The van der Waals surface area contributed by atoms with Crippen LogP contribution in [0.15, 0.2) is 42.5 Å². The van der Waals surface area contributed by atoms with Crippen LogP contribution in [0.25, 0.3) is 0 Å². The van der Waals surface area contributed by atoms with E-state index in [1.807, 2.05) is 38.1 Å². The Bertz CT molecular complexity index is 771. The van der Waals surface area contributed by atoms with Crippen LogP contribution < -0.4 is 19.5 Å². The molecule has 1 aliphatic rings. The summed E-state index contributed by atoms with van der Waals surface area (Å²) in [6, 6.07) is 14.2. The summed E-state index contributed by atoms with van der Waals surface area (Å²) >= 11 is 0. The van der Waals surface area contributed by atoms with E-state index >= 15 is 0 Å². The van der Waals surface area contributed by atoms with Crippen molar-refractivity contribution in [3.8, 4) is 17.2 Å². The van der Waals surface area contributed by atoms with Gasteiger partial charge in [-0.1, -0.05) is 18.2 Å². The molecule has 0 saturated heterocycles. The molecule has 0 spiro atoms. The highest BCUT2D eigenvalue weighted by atomic mass is 16.5. The van der Waals surface area contributed by atoms with E-state index in [1.165, 1.54) is 31.2 Å². The van der Waals surface area contributed by atoms with Crippen LogP contribution in [0.1, 0.15) is 50.7 Å². The van der Waals surface area contributed by atoms with Crippen molar-refractivity contribution in [3.63, 3.8) is 0 Å². The van der Waals surface area contributed by atoms with Gasteiger partial charge in [-0.25, -0.2) is 0 Å². The summed E-state index contributed by atoms with van der Waals surface area (Å²) in [5, 5.41) is 12.6. The van der Waals surface area contributed by atoms with Gasteiger partial charge in [0, 0.05) is 19.7 Å². The molecule has 0 heterocycles. The van der Waals surface area contributed by atoms with Gasteiger partial charge in [0.1, 0.15) is 12.4 Å². The molecule has 0 aliphatic heterocycles. The molecule has 3 rings (SSSR count). The molecular weight excluding hydrogens is 378 g/mol. The van der Waals surface area contributed by atoms with Crippen molar-refractivity contribution in [1.82, 2.24) is 5.32 Å². The highest BCUT2D eigenvalue weighted by Gasteiger charge is 2.16. The Morgan fingerprint density at radius 1 is 1.03 bits per heavy atom. The second-order valence-corrected chi connectivity index (χ2v) is 8.12. The summed E-state index contributed by atoms with van der Waals surface area (Å²) in [7, 11) is 0. The van der Waals surface area contributed by atoms with E-state index < -0.39 is 0 Å². The summed E-state index contributed by atoms with van der Waals surface area (Å²) < 4.78 is 17.9. The van der Waals surface area contributed by atoms with Gasteiger partial charge in [0.15, 0.2) is 11.5 Å². The summed E-state index contributed by atoms with van der Waals surface area (Å²) in [6.07, 6.45) is 5.95. The molecule has 0 unspecified atom stereocenters. The molecule has 5 heteroatoms. The fourth-order valence-electron chi connectivity index (χ4n) is 3.69. The lowest BCUT2D eigenvalue weighted by atomic mass is 10.1. The van der Waals surface area contributed by atoms with Gasteiger partial charge in [-0.05, 0) is 81.3 Å². The molecule has 1 saturated carbocycles. The highest BCUT2D eigenvalue weighted by Crippen LogP contribution is 2.29. The first-order valence-electron chi connectivity index (χ1n) is 11.1. The van der Waals surface area contributed by atoms with Crippen LogP contribution in [0, 0.1) is 0 Å². The maximum atomic E-state index is 9.19. The molecular formula is C25H35NO4. The number of hydrogen-bond donors (Lipinski definition) is 2. The predicted molar refractivity (Wildman–Crippen MR) is 120 cm³/mol. The third kappa shape index (κ3) is 7.22. The fourth-order valence-corrected chi connectivity index (χ4v) is 3.69. The van der Waals surface area contributed by atoms with E-state index in [9.17, 15) is 5.11 Å². The van der Waals surface area contributed by atoms with Gasteiger partial charge in [0.2, 0.25) is 0 Å². The Labute approximate surface area is 180 Å². The Kier molecular flexibility index (Phi) is 8.84. The van der Waals surface area contributed by atoms with Crippen molar-refractivity contribution in [2.24, 2.45) is 0 Å². The van der Waals surface area contributed by atoms with Crippen molar-refractivity contribution in [2.45, 2.75) is 64.7 Å². The maximum absolute atomic E-state index is 9.19. The molecule has 1 fully saturated rings. The zero-order valence-electron chi connectivity index (χ0n) is 18.2. The van der Waals surface area contributed by atoms with Crippen LogP contribution in [0.2, 0.25) is 0 Å². The number of rotatable bonds is 12. The van der Waals surface area contributed by atoms with E-state index in [-0.39, 0.29) is 12.7 Å². The number of aliphatic hydroxyl groups excluding tert-OH is 1. The smallest absolute Gasteiger partial charge is 0.161 e. The normalized spacial score (nSPS) is 14.3. The monoisotopic (exact) mass is 413 g/mol. The zero-order chi connectivity index (χ0) is 21.2. The number of ether oxygens (including phenoxy) is 3. The van der Waals surface area contributed by atoms with Crippen molar-refractivity contribution >= 4 is 0 Å². The molecule has 2 aromatic rings. The first-order valence-corrected chi connectivity index (χ1v) is 11.1. The van der Waals surface area contributed by atoms with Gasteiger partial charge < -0.3 is 24.6 Å². The average molecular weight is 414 g/mol. The Balaban J connectivity index is 1.46. The van der Waals surface area contributed by atoms with Crippen LogP contribution in [0.5, 0.6) is 17.2 Å². The standard InChI is InChI=1S/C25H35NO4/c1-19(2)29-24-11-10-20(12-14-27)17-25(24)28-15-13-26-18-21-6-5-9-23(16-21)30-22-7-3-4-8-22/h5-6,9-11,16-17,19,22,26-27H,3-4,7-8,12-15,18H2,1-2H3. The number of aliphatic hydroxyl groups is 1. The van der Waals surface area contributed by atoms with Gasteiger partial charge in [-0.3, -0.25) is 0 Å². The van der Waals surface area contributed by atoms with Crippen LogP contribution in [0.3, 0.4) is 0 Å². The van der Waals surface area contributed by atoms with Gasteiger partial charge in [-0.15, -0.1) is 0 Å². The predicted octanol–water partition coefficient (Wildman–Crippen LogP) is 4.50. The summed E-state index contributed by atoms with van der Waals surface area (Å²) in [5.41, 5.74) is 2.25. The minimum atomic E-state index is 0.0768. The Hall–Kier alpha value is -2.24. The van der Waals surface area contributed by atoms with Crippen LogP contribution >= 0.6 is 0 Å². The zero-order valence-corrected chi connectivity index (χ0v) is 18.2. The quantitative estimate of drug-likeness (QED) is 0.502. The van der Waals surface area contributed by atoms with E-state index in [0.29, 0.717) is 19.1 Å². The molecule has 2 aromatic carbocycles. The number of hydrogen-bond acceptors (Lipinski definition) is 5. The lowest BCUT2D eigenvalue weighted by molar-refractivity contribution is 0.210. The Morgan fingerprint density at radius 3 is 2.63 bits per heavy atom. The molecule has 30 heavy (non-hydrogen) atoms. The topological polar surface area (TPSA) is 60.0 Å². The van der Waals surface area contributed by atoms with E-state index in [0.717, 1.165) is 35.9 Å². The first-order chi connectivity index (χ1) is 14.6. The third-order valence-electron chi connectivity index (χ3n) is 5.14. The van der Waals surface area contributed by atoms with Gasteiger partial charge in [0.05, 0.1) is 12.2 Å². The van der Waals surface area contributed by atoms with E-state index in [2.05, 4.69) is 23.5 Å². The van der Waals surface area contributed by atoms with Crippen molar-refractivity contribution in [3.05, 3.63) is 53.6 Å². The van der Waals surface area contributed by atoms with Crippen LogP contribution in [-0.4, -0.2) is 37.1 Å². The van der Waals surface area contributed by atoms with Crippen molar-refractivity contribution in [2.75, 3.05) is 19.8 Å². The Morgan fingerprint density at radius 2 is 1.87 bits per heavy atom. The number of nitrogens with one attached hydrogen (secondary N) is 1. The summed E-state index contributed by atoms with van der Waals surface area (Å²) in [6.45, 7) is 6.14. The minimum absolute atomic E-state index is 0.0768. The largest absolute Gasteiger partial charge is 0.490 e. The van der Waals surface area contributed by atoms with Crippen molar-refractivity contribution < 1.29 is 19.3 Å². The second kappa shape index (κ2) is 11.8. The molecule has 0 atom stereocenters. The molecule has 0 amide bonds. The van der Waals surface area contributed by atoms with E-state index in [4.69, 9.17) is 14.2 Å². The average Bonchev–Trinajstić information content (AvgIpc) is 3.23. The molecule has 164 valence electrons. The van der Waals surface area contributed by atoms with Crippen LogP contribution in [-0.2, 0) is 13.0 Å². The highest BCUT2D eigenvalue weighted by molar-refractivity contribution is 5.43. The second-order valence-electron chi connectivity index (χ2n) is 8.12. The first kappa shape index (κ1) is 22.4. The maximum Gasteiger partial charge on any atom is 0.161 e. The summed E-state index contributed by atoms with van der Waals surface area (Å²) in [5.74, 6) is 2.43.